The molecule has 1 aliphatic carbocycles. The van der Waals surface area contributed by atoms with Crippen molar-refractivity contribution in [1.29, 1.82) is 0 Å². The van der Waals surface area contributed by atoms with Crippen LogP contribution in [-0.4, -0.2) is 12.6 Å². The summed E-state index contributed by atoms with van der Waals surface area (Å²) in [7, 11) is 0. The Hall–Kier alpha value is -0.250. The first-order chi connectivity index (χ1) is 9.24. The molecule has 2 N–H and O–H groups in total. The van der Waals surface area contributed by atoms with E-state index in [4.69, 9.17) is 11.6 Å². The molecule has 1 fully saturated rings. The van der Waals surface area contributed by atoms with Gasteiger partial charge in [0.1, 0.15) is 0 Å². The zero-order valence-electron chi connectivity index (χ0n) is 11.0. The van der Waals surface area contributed by atoms with Gasteiger partial charge >= 0.3 is 0 Å². The summed E-state index contributed by atoms with van der Waals surface area (Å²) in [4.78, 5) is 0. The summed E-state index contributed by atoms with van der Waals surface area (Å²) in [5.74, 6) is 0.828. The second kappa shape index (κ2) is 6.02. The van der Waals surface area contributed by atoms with Crippen molar-refractivity contribution in [2.45, 2.75) is 44.7 Å². The van der Waals surface area contributed by atoms with Crippen molar-refractivity contribution in [2.75, 3.05) is 11.9 Å². The van der Waals surface area contributed by atoms with Crippen LogP contribution in [0.25, 0.3) is 0 Å². The SMILES string of the molecule is Clc1cc2c(cc1Br)CN[C@H](C1CCCCC1)CN2. The van der Waals surface area contributed by atoms with Crippen molar-refractivity contribution in [3.8, 4) is 0 Å². The number of halogens is 2. The lowest BCUT2D eigenvalue weighted by Gasteiger charge is -2.30. The predicted molar refractivity (Wildman–Crippen MR) is 84.8 cm³/mol. The van der Waals surface area contributed by atoms with Crippen LogP contribution in [0.1, 0.15) is 37.7 Å². The average Bonchev–Trinajstić information content (AvgIpc) is 2.63. The third-order valence-corrected chi connectivity index (χ3v) is 5.63. The second-order valence-electron chi connectivity index (χ2n) is 5.69. The molecule has 0 radical (unpaired) electrons. The van der Waals surface area contributed by atoms with Gasteiger partial charge in [-0.25, -0.2) is 0 Å². The molecular formula is C15H20BrClN2. The van der Waals surface area contributed by atoms with E-state index in [0.717, 1.165) is 28.5 Å². The Bertz CT molecular complexity index is 425. The standard InChI is InChI=1S/C15H20BrClN2/c16-12-6-11-8-18-15(10-4-2-1-3-5-10)9-19-14(11)7-13(12)17/h6-7,10,15,18-19H,1-5,8-9H2/t15-/m0/s1. The minimum Gasteiger partial charge on any atom is -0.383 e. The fourth-order valence-corrected chi connectivity index (χ4v) is 3.86. The Morgan fingerprint density at radius 1 is 1.16 bits per heavy atom. The molecule has 0 bridgehead atoms. The van der Waals surface area contributed by atoms with E-state index in [-0.39, 0.29) is 0 Å². The van der Waals surface area contributed by atoms with Crippen LogP contribution in [0.15, 0.2) is 16.6 Å². The minimum absolute atomic E-state index is 0.588. The number of benzene rings is 1. The average molecular weight is 344 g/mol. The van der Waals surface area contributed by atoms with E-state index in [0.29, 0.717) is 6.04 Å². The second-order valence-corrected chi connectivity index (χ2v) is 6.95. The summed E-state index contributed by atoms with van der Waals surface area (Å²) < 4.78 is 0.979. The van der Waals surface area contributed by atoms with Gasteiger partial charge in [0, 0.05) is 29.3 Å². The van der Waals surface area contributed by atoms with Crippen LogP contribution in [0.5, 0.6) is 0 Å². The highest BCUT2D eigenvalue weighted by Crippen LogP contribution is 2.32. The van der Waals surface area contributed by atoms with Crippen molar-refractivity contribution in [2.24, 2.45) is 5.92 Å². The van der Waals surface area contributed by atoms with Crippen LogP contribution < -0.4 is 10.6 Å². The van der Waals surface area contributed by atoms with E-state index in [1.807, 2.05) is 6.07 Å². The van der Waals surface area contributed by atoms with E-state index in [9.17, 15) is 0 Å². The van der Waals surface area contributed by atoms with Crippen LogP contribution in [0.4, 0.5) is 5.69 Å². The van der Waals surface area contributed by atoms with E-state index in [1.54, 1.807) is 0 Å². The van der Waals surface area contributed by atoms with Crippen LogP contribution in [0, 0.1) is 5.92 Å². The smallest absolute Gasteiger partial charge is 0.0568 e. The lowest BCUT2D eigenvalue weighted by Crippen LogP contribution is -2.40. The fraction of sp³-hybridized carbons (Fsp3) is 0.600. The fourth-order valence-electron chi connectivity index (χ4n) is 3.30. The van der Waals surface area contributed by atoms with Gasteiger partial charge in [-0.05, 0) is 52.4 Å². The number of nitrogens with one attached hydrogen (secondary N) is 2. The Morgan fingerprint density at radius 2 is 1.95 bits per heavy atom. The van der Waals surface area contributed by atoms with Crippen LogP contribution >= 0.6 is 27.5 Å². The highest BCUT2D eigenvalue weighted by Gasteiger charge is 2.25. The first-order valence-corrected chi connectivity index (χ1v) is 8.36. The Labute approximate surface area is 128 Å². The van der Waals surface area contributed by atoms with Crippen LogP contribution in [-0.2, 0) is 6.54 Å². The topological polar surface area (TPSA) is 24.1 Å². The molecule has 1 saturated carbocycles. The molecule has 0 saturated heterocycles. The third-order valence-electron chi connectivity index (χ3n) is 4.43. The molecule has 0 unspecified atom stereocenters. The van der Waals surface area contributed by atoms with Gasteiger partial charge in [-0.1, -0.05) is 30.9 Å². The maximum absolute atomic E-state index is 6.18. The lowest BCUT2D eigenvalue weighted by molar-refractivity contribution is 0.277. The molecule has 1 atom stereocenters. The van der Waals surface area contributed by atoms with Crippen molar-refractivity contribution >= 4 is 33.2 Å². The normalized spacial score (nSPS) is 24.4. The molecule has 1 heterocycles. The molecule has 2 aliphatic rings. The van der Waals surface area contributed by atoms with Crippen molar-refractivity contribution < 1.29 is 0 Å². The van der Waals surface area contributed by atoms with Gasteiger partial charge in [0.2, 0.25) is 0 Å². The summed E-state index contributed by atoms with van der Waals surface area (Å²) >= 11 is 9.68. The molecule has 19 heavy (non-hydrogen) atoms. The quantitative estimate of drug-likeness (QED) is 0.780. The van der Waals surface area contributed by atoms with E-state index in [2.05, 4.69) is 32.6 Å². The number of rotatable bonds is 1. The lowest BCUT2D eigenvalue weighted by atomic mass is 9.84. The molecule has 3 rings (SSSR count). The van der Waals surface area contributed by atoms with Crippen molar-refractivity contribution in [3.63, 3.8) is 0 Å². The summed E-state index contributed by atoms with van der Waals surface area (Å²) in [6.07, 6.45) is 6.96. The van der Waals surface area contributed by atoms with Gasteiger partial charge in [0.25, 0.3) is 0 Å². The molecule has 1 aromatic carbocycles. The Morgan fingerprint density at radius 3 is 2.74 bits per heavy atom. The maximum Gasteiger partial charge on any atom is 0.0568 e. The van der Waals surface area contributed by atoms with Crippen LogP contribution in [0.2, 0.25) is 5.02 Å². The molecule has 1 aromatic rings. The van der Waals surface area contributed by atoms with Crippen LogP contribution in [0.3, 0.4) is 0 Å². The number of hydrogen-bond acceptors (Lipinski definition) is 2. The minimum atomic E-state index is 0.588. The molecule has 0 amide bonds. The summed E-state index contributed by atoms with van der Waals surface area (Å²) in [5.41, 5.74) is 2.48. The monoisotopic (exact) mass is 342 g/mol. The molecular weight excluding hydrogens is 324 g/mol. The molecule has 0 aromatic heterocycles. The van der Waals surface area contributed by atoms with E-state index < -0.39 is 0 Å². The Balaban J connectivity index is 1.73. The zero-order chi connectivity index (χ0) is 13.2. The van der Waals surface area contributed by atoms with Gasteiger partial charge in [0.05, 0.1) is 5.02 Å². The van der Waals surface area contributed by atoms with Gasteiger partial charge in [-0.3, -0.25) is 0 Å². The maximum atomic E-state index is 6.18. The van der Waals surface area contributed by atoms with Crippen molar-refractivity contribution in [3.05, 3.63) is 27.2 Å². The molecule has 4 heteroatoms. The molecule has 2 nitrogen and oxygen atoms in total. The van der Waals surface area contributed by atoms with Gasteiger partial charge in [-0.15, -0.1) is 0 Å². The first kappa shape index (κ1) is 13.7. The van der Waals surface area contributed by atoms with Crippen molar-refractivity contribution in [1.82, 2.24) is 5.32 Å². The van der Waals surface area contributed by atoms with Gasteiger partial charge in [0.15, 0.2) is 0 Å². The zero-order valence-corrected chi connectivity index (χ0v) is 13.4. The summed E-state index contributed by atoms with van der Waals surface area (Å²) in [6, 6.07) is 4.75. The summed E-state index contributed by atoms with van der Waals surface area (Å²) in [5, 5.41) is 8.08. The number of fused-ring (bicyclic) bond motifs is 1. The predicted octanol–water partition coefficient (Wildman–Crippen LogP) is 4.57. The highest BCUT2D eigenvalue weighted by atomic mass is 79.9. The van der Waals surface area contributed by atoms with Gasteiger partial charge in [-0.2, -0.15) is 0 Å². The van der Waals surface area contributed by atoms with E-state index >= 15 is 0 Å². The summed E-state index contributed by atoms with van der Waals surface area (Å²) in [6.45, 7) is 1.94. The van der Waals surface area contributed by atoms with E-state index in [1.165, 1.54) is 43.4 Å². The number of anilines is 1. The van der Waals surface area contributed by atoms with Gasteiger partial charge < -0.3 is 10.6 Å². The first-order valence-electron chi connectivity index (χ1n) is 7.19. The number of hydrogen-bond donors (Lipinski definition) is 2. The Kier molecular flexibility index (Phi) is 4.35. The third kappa shape index (κ3) is 3.09. The molecule has 104 valence electrons. The largest absolute Gasteiger partial charge is 0.383 e. The molecule has 1 aliphatic heterocycles. The molecule has 0 spiro atoms. The highest BCUT2D eigenvalue weighted by molar-refractivity contribution is 9.10.